The molecule has 0 spiro atoms. The van der Waals surface area contributed by atoms with E-state index in [0.717, 1.165) is 41.4 Å². The van der Waals surface area contributed by atoms with Crippen LogP contribution in [0.2, 0.25) is 0 Å². The zero-order valence-corrected chi connectivity index (χ0v) is 19.9. The predicted octanol–water partition coefficient (Wildman–Crippen LogP) is 8.66. The summed E-state index contributed by atoms with van der Waals surface area (Å²) < 4.78 is 0. The molecule has 160 valence electrons. The van der Waals surface area contributed by atoms with E-state index < -0.39 is 0 Å². The summed E-state index contributed by atoms with van der Waals surface area (Å²) in [5, 5.41) is 0. The summed E-state index contributed by atoms with van der Waals surface area (Å²) in [5.74, 6) is 6.72. The van der Waals surface area contributed by atoms with E-state index in [1.807, 2.05) is 5.57 Å². The Kier molecular flexibility index (Phi) is 5.83. The van der Waals surface area contributed by atoms with Crippen molar-refractivity contribution in [2.24, 2.45) is 52.3 Å². The smallest absolute Gasteiger partial charge is 0.00853 e. The maximum atomic E-state index is 2.74. The van der Waals surface area contributed by atoms with E-state index in [9.17, 15) is 0 Å². The van der Waals surface area contributed by atoms with Crippen molar-refractivity contribution in [3.05, 3.63) is 11.6 Å². The Bertz CT molecular complexity index is 585. The Morgan fingerprint density at radius 2 is 1.71 bits per heavy atom. The van der Waals surface area contributed by atoms with Gasteiger partial charge in [-0.3, -0.25) is 0 Å². The van der Waals surface area contributed by atoms with Crippen LogP contribution in [0.25, 0.3) is 0 Å². The van der Waals surface area contributed by atoms with Crippen LogP contribution in [0.4, 0.5) is 0 Å². The molecule has 0 heterocycles. The maximum absolute atomic E-state index is 2.74. The number of hydrogen-bond donors (Lipinski definition) is 0. The van der Waals surface area contributed by atoms with Crippen LogP contribution >= 0.6 is 0 Å². The molecule has 0 saturated heterocycles. The monoisotopic (exact) mass is 384 g/mol. The predicted molar refractivity (Wildman–Crippen MR) is 122 cm³/mol. The molecule has 0 heteroatoms. The van der Waals surface area contributed by atoms with Gasteiger partial charge in [0, 0.05) is 0 Å². The maximum Gasteiger partial charge on any atom is -0.00853 e. The summed E-state index contributed by atoms with van der Waals surface area (Å²) in [4.78, 5) is 0. The minimum atomic E-state index is 0.568. The zero-order chi connectivity index (χ0) is 20.1. The van der Waals surface area contributed by atoms with Crippen molar-refractivity contribution in [1.29, 1.82) is 0 Å². The first kappa shape index (κ1) is 21.0. The van der Waals surface area contributed by atoms with Gasteiger partial charge in [0.15, 0.2) is 0 Å². The SMILES string of the molecule is CC(C)C(C)CC[C@@H](C)[C@H]1CC[C@H]2[C@@H]3CCC4=CCCC[C@]4(C)[C@H]3CC[C@]12C. The fraction of sp³-hybridized carbons (Fsp3) is 0.929. The first-order chi connectivity index (χ1) is 13.3. The Hall–Kier alpha value is -0.260. The van der Waals surface area contributed by atoms with Crippen LogP contribution in [0.15, 0.2) is 11.6 Å². The Morgan fingerprint density at radius 1 is 0.929 bits per heavy atom. The molecule has 3 fully saturated rings. The summed E-state index contributed by atoms with van der Waals surface area (Å²) in [5.41, 5.74) is 3.08. The van der Waals surface area contributed by atoms with Gasteiger partial charge in [-0.15, -0.1) is 0 Å². The molecule has 8 atom stereocenters. The molecule has 4 aliphatic carbocycles. The van der Waals surface area contributed by atoms with Crippen molar-refractivity contribution in [3.63, 3.8) is 0 Å². The highest BCUT2D eigenvalue weighted by atomic mass is 14.6. The van der Waals surface area contributed by atoms with Crippen molar-refractivity contribution in [1.82, 2.24) is 0 Å². The van der Waals surface area contributed by atoms with E-state index >= 15 is 0 Å². The first-order valence-corrected chi connectivity index (χ1v) is 13.0. The third-order valence-electron chi connectivity index (χ3n) is 11.0. The van der Waals surface area contributed by atoms with Gasteiger partial charge in [0.25, 0.3) is 0 Å². The minimum Gasteiger partial charge on any atom is -0.0848 e. The van der Waals surface area contributed by atoms with Gasteiger partial charge in [0.1, 0.15) is 0 Å². The van der Waals surface area contributed by atoms with E-state index in [1.165, 1.54) is 64.2 Å². The largest absolute Gasteiger partial charge is 0.0848 e. The summed E-state index contributed by atoms with van der Waals surface area (Å²) in [6.45, 7) is 15.3. The summed E-state index contributed by atoms with van der Waals surface area (Å²) >= 11 is 0. The molecule has 3 saturated carbocycles. The molecule has 0 aromatic carbocycles. The van der Waals surface area contributed by atoms with Gasteiger partial charge in [-0.2, -0.15) is 0 Å². The molecule has 4 aliphatic rings. The molecule has 28 heavy (non-hydrogen) atoms. The van der Waals surface area contributed by atoms with Gasteiger partial charge >= 0.3 is 0 Å². The van der Waals surface area contributed by atoms with E-state index in [2.05, 4.69) is 47.6 Å². The average molecular weight is 385 g/mol. The molecule has 0 amide bonds. The van der Waals surface area contributed by atoms with Crippen LogP contribution < -0.4 is 0 Å². The number of fused-ring (bicyclic) bond motifs is 5. The number of rotatable bonds is 5. The topological polar surface area (TPSA) is 0 Å². The molecule has 4 rings (SSSR count). The highest BCUT2D eigenvalue weighted by Gasteiger charge is 2.59. The van der Waals surface area contributed by atoms with E-state index in [0.29, 0.717) is 10.8 Å². The number of allylic oxidation sites excluding steroid dienone is 2. The van der Waals surface area contributed by atoms with Crippen molar-refractivity contribution in [3.8, 4) is 0 Å². The zero-order valence-electron chi connectivity index (χ0n) is 19.9. The minimum absolute atomic E-state index is 0.568. The van der Waals surface area contributed by atoms with E-state index in [-0.39, 0.29) is 0 Å². The van der Waals surface area contributed by atoms with E-state index in [1.54, 1.807) is 6.42 Å². The summed E-state index contributed by atoms with van der Waals surface area (Å²) in [6, 6.07) is 0. The normalized spacial score (nSPS) is 45.0. The Labute approximate surface area is 176 Å². The van der Waals surface area contributed by atoms with Crippen LogP contribution in [0.5, 0.6) is 0 Å². The fourth-order valence-electron chi connectivity index (χ4n) is 8.79. The molecule has 0 bridgehead atoms. The molecule has 1 unspecified atom stereocenters. The molecule has 0 aliphatic heterocycles. The average Bonchev–Trinajstić information content (AvgIpc) is 3.02. The van der Waals surface area contributed by atoms with Gasteiger partial charge in [0.2, 0.25) is 0 Å². The Balaban J connectivity index is 1.48. The first-order valence-electron chi connectivity index (χ1n) is 13.0. The summed E-state index contributed by atoms with van der Waals surface area (Å²) in [6.07, 6.45) is 18.9. The third-order valence-corrected chi connectivity index (χ3v) is 11.0. The molecule has 0 aromatic heterocycles. The quantitative estimate of drug-likeness (QED) is 0.416. The van der Waals surface area contributed by atoms with E-state index in [4.69, 9.17) is 0 Å². The highest BCUT2D eigenvalue weighted by Crippen LogP contribution is 2.67. The summed E-state index contributed by atoms with van der Waals surface area (Å²) in [7, 11) is 0. The molecule has 0 nitrogen and oxygen atoms in total. The lowest BCUT2D eigenvalue weighted by Gasteiger charge is -2.58. The van der Waals surface area contributed by atoms with Gasteiger partial charge in [-0.05, 0) is 110 Å². The second-order valence-electron chi connectivity index (χ2n) is 12.5. The molecular formula is C28H48. The number of hydrogen-bond acceptors (Lipinski definition) is 0. The van der Waals surface area contributed by atoms with Crippen molar-refractivity contribution < 1.29 is 0 Å². The van der Waals surface area contributed by atoms with Gasteiger partial charge < -0.3 is 0 Å². The molecular weight excluding hydrogens is 336 g/mol. The van der Waals surface area contributed by atoms with Crippen molar-refractivity contribution in [2.45, 2.75) is 112 Å². The van der Waals surface area contributed by atoms with Crippen LogP contribution in [-0.2, 0) is 0 Å². The van der Waals surface area contributed by atoms with Crippen LogP contribution in [0.3, 0.4) is 0 Å². The van der Waals surface area contributed by atoms with Gasteiger partial charge in [-0.1, -0.05) is 66.0 Å². The van der Waals surface area contributed by atoms with Crippen LogP contribution in [0, 0.1) is 52.3 Å². The van der Waals surface area contributed by atoms with Crippen molar-refractivity contribution in [2.75, 3.05) is 0 Å². The van der Waals surface area contributed by atoms with Crippen LogP contribution in [0.1, 0.15) is 112 Å². The fourth-order valence-corrected chi connectivity index (χ4v) is 8.79. The Morgan fingerprint density at radius 3 is 2.46 bits per heavy atom. The van der Waals surface area contributed by atoms with Gasteiger partial charge in [-0.25, -0.2) is 0 Å². The van der Waals surface area contributed by atoms with Gasteiger partial charge in [0.05, 0.1) is 0 Å². The lowest BCUT2D eigenvalue weighted by atomic mass is 9.46. The third kappa shape index (κ3) is 3.33. The lowest BCUT2D eigenvalue weighted by molar-refractivity contribution is -0.0594. The lowest BCUT2D eigenvalue weighted by Crippen LogP contribution is -2.50. The molecule has 0 N–H and O–H groups in total. The second kappa shape index (κ2) is 7.77. The highest BCUT2D eigenvalue weighted by molar-refractivity contribution is 5.23. The molecule has 0 radical (unpaired) electrons. The second-order valence-corrected chi connectivity index (χ2v) is 12.5. The molecule has 0 aromatic rings. The standard InChI is InChI=1S/C28H48/c1-19(2)20(3)10-11-21(4)24-14-15-25-23-13-12-22-9-7-8-17-27(22,5)26(23)16-18-28(24,25)6/h9,19-21,23-26H,7-8,10-18H2,1-6H3/t20?,21-,23+,24-,25+,26+,27+,28-/m1/s1. The van der Waals surface area contributed by atoms with Crippen LogP contribution in [-0.4, -0.2) is 0 Å². The van der Waals surface area contributed by atoms with Crippen molar-refractivity contribution >= 4 is 0 Å².